The molecule has 1 aromatic heterocycles. The van der Waals surface area contributed by atoms with E-state index >= 15 is 0 Å². The minimum Gasteiger partial charge on any atom is -0.351 e. The van der Waals surface area contributed by atoms with Crippen molar-refractivity contribution in [3.63, 3.8) is 0 Å². The first-order valence-corrected chi connectivity index (χ1v) is 4.17. The van der Waals surface area contributed by atoms with E-state index in [1.807, 2.05) is 30.3 Å². The molecule has 0 aliphatic heterocycles. The average molecular weight is 187 g/mol. The number of nitrogens with zero attached hydrogens (tertiary/aromatic N) is 2. The number of primary amides is 1. The molecule has 2 N–H and O–H groups in total. The predicted molar refractivity (Wildman–Crippen MR) is 52.6 cm³/mol. The van der Waals surface area contributed by atoms with Crippen molar-refractivity contribution in [3.05, 3.63) is 42.7 Å². The van der Waals surface area contributed by atoms with Crippen LogP contribution >= 0.6 is 0 Å². The molecular formula is C10H9N3O. The van der Waals surface area contributed by atoms with Crippen LogP contribution in [0.25, 0.3) is 11.4 Å². The van der Waals surface area contributed by atoms with Crippen molar-refractivity contribution >= 4 is 6.03 Å². The van der Waals surface area contributed by atoms with Crippen LogP contribution < -0.4 is 5.73 Å². The minimum atomic E-state index is -0.527. The van der Waals surface area contributed by atoms with Crippen LogP contribution in [-0.2, 0) is 0 Å². The Kier molecular flexibility index (Phi) is 2.02. The predicted octanol–water partition coefficient (Wildman–Crippen LogP) is 1.48. The first-order chi connectivity index (χ1) is 6.79. The van der Waals surface area contributed by atoms with Crippen LogP contribution in [-0.4, -0.2) is 15.6 Å². The molecule has 0 aliphatic rings. The van der Waals surface area contributed by atoms with E-state index in [4.69, 9.17) is 5.73 Å². The second-order valence-corrected chi connectivity index (χ2v) is 2.83. The molecule has 0 unspecified atom stereocenters. The van der Waals surface area contributed by atoms with E-state index in [9.17, 15) is 4.79 Å². The zero-order valence-electron chi connectivity index (χ0n) is 7.42. The molecule has 1 amide bonds. The number of nitrogens with two attached hydrogens (primary N) is 1. The standard InChI is InChI=1S/C10H9N3O/c11-10(14)13-7-6-12-9(13)8-4-2-1-3-5-8/h1-7H,(H2,11,14). The summed E-state index contributed by atoms with van der Waals surface area (Å²) in [5.74, 6) is 0.568. The van der Waals surface area contributed by atoms with Crippen LogP contribution in [0.1, 0.15) is 0 Å². The van der Waals surface area contributed by atoms with Crippen molar-refractivity contribution in [3.8, 4) is 11.4 Å². The SMILES string of the molecule is NC(=O)n1ccnc1-c1ccccc1. The van der Waals surface area contributed by atoms with Crippen LogP contribution in [0.5, 0.6) is 0 Å². The van der Waals surface area contributed by atoms with E-state index in [-0.39, 0.29) is 0 Å². The Morgan fingerprint density at radius 2 is 2.00 bits per heavy atom. The summed E-state index contributed by atoms with van der Waals surface area (Å²) in [6.07, 6.45) is 3.10. The molecule has 2 rings (SSSR count). The number of rotatable bonds is 1. The lowest BCUT2D eigenvalue weighted by atomic mass is 10.2. The van der Waals surface area contributed by atoms with Gasteiger partial charge < -0.3 is 5.73 Å². The van der Waals surface area contributed by atoms with Crippen LogP contribution in [0, 0.1) is 0 Å². The molecule has 14 heavy (non-hydrogen) atoms. The molecule has 1 heterocycles. The maximum Gasteiger partial charge on any atom is 0.324 e. The summed E-state index contributed by atoms with van der Waals surface area (Å²) < 4.78 is 1.31. The van der Waals surface area contributed by atoms with Crippen LogP contribution in [0.3, 0.4) is 0 Å². The second-order valence-electron chi connectivity index (χ2n) is 2.83. The summed E-state index contributed by atoms with van der Waals surface area (Å²) in [5.41, 5.74) is 6.05. The van der Waals surface area contributed by atoms with E-state index in [2.05, 4.69) is 4.98 Å². The van der Waals surface area contributed by atoms with Gasteiger partial charge in [0.1, 0.15) is 5.82 Å². The van der Waals surface area contributed by atoms with Crippen LogP contribution in [0.4, 0.5) is 4.79 Å². The summed E-state index contributed by atoms with van der Waals surface area (Å²) in [4.78, 5) is 15.1. The summed E-state index contributed by atoms with van der Waals surface area (Å²) >= 11 is 0. The Bertz CT molecular complexity index is 447. The molecule has 0 saturated carbocycles. The normalized spacial score (nSPS) is 10.0. The Balaban J connectivity index is 2.52. The van der Waals surface area contributed by atoms with E-state index < -0.39 is 6.03 Å². The lowest BCUT2D eigenvalue weighted by Gasteiger charge is -2.01. The van der Waals surface area contributed by atoms with Crippen LogP contribution in [0.15, 0.2) is 42.7 Å². The van der Waals surface area contributed by atoms with E-state index in [1.165, 1.54) is 4.57 Å². The lowest BCUT2D eigenvalue weighted by Crippen LogP contribution is -2.19. The zero-order chi connectivity index (χ0) is 9.97. The molecule has 2 aromatic rings. The third-order valence-corrected chi connectivity index (χ3v) is 1.91. The van der Waals surface area contributed by atoms with Gasteiger partial charge in [-0.2, -0.15) is 0 Å². The third-order valence-electron chi connectivity index (χ3n) is 1.91. The maximum atomic E-state index is 11.0. The first-order valence-electron chi connectivity index (χ1n) is 4.17. The first kappa shape index (κ1) is 8.50. The van der Waals surface area contributed by atoms with Gasteiger partial charge in [0.25, 0.3) is 0 Å². The van der Waals surface area contributed by atoms with Crippen LogP contribution in [0.2, 0.25) is 0 Å². The summed E-state index contributed by atoms with van der Waals surface area (Å²) in [5, 5.41) is 0. The Labute approximate surface area is 81.0 Å². The number of amides is 1. The number of benzene rings is 1. The smallest absolute Gasteiger partial charge is 0.324 e. The highest BCUT2D eigenvalue weighted by molar-refractivity contribution is 5.79. The number of hydrogen-bond acceptors (Lipinski definition) is 2. The van der Waals surface area contributed by atoms with Crippen molar-refractivity contribution in [2.24, 2.45) is 5.73 Å². The Morgan fingerprint density at radius 1 is 1.29 bits per heavy atom. The van der Waals surface area contributed by atoms with Crippen molar-refractivity contribution in [2.45, 2.75) is 0 Å². The van der Waals surface area contributed by atoms with Gasteiger partial charge in [0.05, 0.1) is 0 Å². The van der Waals surface area contributed by atoms with Gasteiger partial charge in [0, 0.05) is 18.0 Å². The molecule has 0 spiro atoms. The second kappa shape index (κ2) is 3.33. The molecule has 70 valence electrons. The summed E-state index contributed by atoms with van der Waals surface area (Å²) in [7, 11) is 0. The van der Waals surface area contributed by atoms with Gasteiger partial charge in [-0.05, 0) is 0 Å². The van der Waals surface area contributed by atoms with E-state index in [0.717, 1.165) is 5.56 Å². The van der Waals surface area contributed by atoms with Crippen molar-refractivity contribution < 1.29 is 4.79 Å². The van der Waals surface area contributed by atoms with Gasteiger partial charge >= 0.3 is 6.03 Å². The molecule has 0 fully saturated rings. The van der Waals surface area contributed by atoms with Crippen molar-refractivity contribution in [2.75, 3.05) is 0 Å². The third kappa shape index (κ3) is 1.37. The lowest BCUT2D eigenvalue weighted by molar-refractivity contribution is 0.250. The molecule has 1 aromatic carbocycles. The fourth-order valence-corrected chi connectivity index (χ4v) is 1.28. The molecule has 0 bridgehead atoms. The topological polar surface area (TPSA) is 60.9 Å². The number of imidazole rings is 1. The number of carbonyl (C=O) groups is 1. The molecule has 4 heteroatoms. The quantitative estimate of drug-likeness (QED) is 0.734. The maximum absolute atomic E-state index is 11.0. The molecule has 0 atom stereocenters. The van der Waals surface area contributed by atoms with Gasteiger partial charge in [-0.3, -0.25) is 4.57 Å². The fraction of sp³-hybridized carbons (Fsp3) is 0. The van der Waals surface area contributed by atoms with Crippen molar-refractivity contribution in [1.82, 2.24) is 9.55 Å². The monoisotopic (exact) mass is 187 g/mol. The number of aromatic nitrogens is 2. The van der Waals surface area contributed by atoms with Gasteiger partial charge in [-0.1, -0.05) is 30.3 Å². The largest absolute Gasteiger partial charge is 0.351 e. The van der Waals surface area contributed by atoms with Gasteiger partial charge in [0.15, 0.2) is 0 Å². The minimum absolute atomic E-state index is 0.527. The molecular weight excluding hydrogens is 178 g/mol. The average Bonchev–Trinajstić information content (AvgIpc) is 2.67. The highest BCUT2D eigenvalue weighted by atomic mass is 16.2. The van der Waals surface area contributed by atoms with E-state index in [0.29, 0.717) is 5.82 Å². The molecule has 0 radical (unpaired) electrons. The molecule has 0 aliphatic carbocycles. The highest BCUT2D eigenvalue weighted by Gasteiger charge is 2.07. The Morgan fingerprint density at radius 3 is 2.64 bits per heavy atom. The number of carbonyl (C=O) groups excluding carboxylic acids is 1. The molecule has 0 saturated heterocycles. The summed E-state index contributed by atoms with van der Waals surface area (Å²) in [6.45, 7) is 0. The van der Waals surface area contributed by atoms with Crippen molar-refractivity contribution in [1.29, 1.82) is 0 Å². The highest BCUT2D eigenvalue weighted by Crippen LogP contribution is 2.15. The van der Waals surface area contributed by atoms with Gasteiger partial charge in [-0.25, -0.2) is 9.78 Å². The fourth-order valence-electron chi connectivity index (χ4n) is 1.28. The van der Waals surface area contributed by atoms with E-state index in [1.54, 1.807) is 12.4 Å². The molecule has 4 nitrogen and oxygen atoms in total. The van der Waals surface area contributed by atoms with Gasteiger partial charge in [-0.15, -0.1) is 0 Å². The number of hydrogen-bond donors (Lipinski definition) is 1. The zero-order valence-corrected chi connectivity index (χ0v) is 7.42. The Hall–Kier alpha value is -2.10. The summed E-state index contributed by atoms with van der Waals surface area (Å²) in [6, 6.07) is 8.90. The van der Waals surface area contributed by atoms with Gasteiger partial charge in [0.2, 0.25) is 0 Å².